The lowest BCUT2D eigenvalue weighted by Crippen LogP contribution is -2.51. The molecule has 0 saturated carbocycles. The number of carbonyl (C=O) groups is 1. The maximum Gasteiger partial charge on any atom is 0.255 e. The molecule has 144 valence electrons. The molecule has 0 aromatic carbocycles. The molecule has 3 rings (SSSR count). The summed E-state index contributed by atoms with van der Waals surface area (Å²) in [7, 11) is -3.17. The number of rotatable bonds is 4. The van der Waals surface area contributed by atoms with Crippen LogP contribution in [-0.4, -0.2) is 62.3 Å². The standard InChI is InChI=1S/C18H27N3O4S/c1-14-9-16(13-19-11-14)17(22)21-6-4-18(5-7-21)10-15(3-8-25-18)12-20-26(2,23)24/h9,11,13,15,20H,3-8,10,12H2,1-2H3. The molecule has 0 bridgehead atoms. The van der Waals surface area contributed by atoms with Gasteiger partial charge >= 0.3 is 0 Å². The Bertz CT molecular complexity index is 757. The molecule has 1 amide bonds. The molecular weight excluding hydrogens is 354 g/mol. The van der Waals surface area contributed by atoms with E-state index in [1.54, 1.807) is 12.4 Å². The van der Waals surface area contributed by atoms with Gasteiger partial charge in [0.2, 0.25) is 10.0 Å². The third-order valence-corrected chi connectivity index (χ3v) is 6.00. The van der Waals surface area contributed by atoms with E-state index in [2.05, 4.69) is 9.71 Å². The van der Waals surface area contributed by atoms with Gasteiger partial charge in [0.15, 0.2) is 0 Å². The number of likely N-dealkylation sites (tertiary alicyclic amines) is 1. The molecule has 1 aromatic rings. The Morgan fingerprint density at radius 2 is 2.12 bits per heavy atom. The zero-order valence-electron chi connectivity index (χ0n) is 15.4. The molecule has 2 aliphatic rings. The summed E-state index contributed by atoms with van der Waals surface area (Å²) >= 11 is 0. The van der Waals surface area contributed by atoms with E-state index < -0.39 is 10.0 Å². The second-order valence-electron chi connectivity index (χ2n) is 7.55. The molecule has 2 aliphatic heterocycles. The minimum atomic E-state index is -3.17. The summed E-state index contributed by atoms with van der Waals surface area (Å²) in [6.07, 6.45) is 7.81. The number of piperidine rings is 1. The van der Waals surface area contributed by atoms with E-state index in [1.165, 1.54) is 6.26 Å². The van der Waals surface area contributed by atoms with Gasteiger partial charge in [0.05, 0.1) is 17.4 Å². The van der Waals surface area contributed by atoms with Crippen LogP contribution in [-0.2, 0) is 14.8 Å². The Kier molecular flexibility index (Phi) is 5.64. The number of nitrogens with zero attached hydrogens (tertiary/aromatic N) is 2. The fourth-order valence-electron chi connectivity index (χ4n) is 3.89. The van der Waals surface area contributed by atoms with Crippen molar-refractivity contribution >= 4 is 15.9 Å². The number of ether oxygens (including phenoxy) is 1. The van der Waals surface area contributed by atoms with Crippen molar-refractivity contribution in [2.24, 2.45) is 5.92 Å². The molecule has 1 unspecified atom stereocenters. The lowest BCUT2D eigenvalue weighted by atomic mass is 9.79. The van der Waals surface area contributed by atoms with E-state index in [0.29, 0.717) is 31.8 Å². The zero-order chi connectivity index (χ0) is 18.8. The van der Waals surface area contributed by atoms with Gasteiger partial charge in [-0.1, -0.05) is 0 Å². The number of nitrogens with one attached hydrogen (secondary N) is 1. The molecule has 1 atom stereocenters. The van der Waals surface area contributed by atoms with E-state index in [0.717, 1.165) is 31.2 Å². The third kappa shape index (κ3) is 4.81. The van der Waals surface area contributed by atoms with Crippen molar-refractivity contribution < 1.29 is 17.9 Å². The molecule has 0 aliphatic carbocycles. The summed E-state index contributed by atoms with van der Waals surface area (Å²) in [6.45, 7) is 4.33. The van der Waals surface area contributed by atoms with Crippen LogP contribution in [0.15, 0.2) is 18.5 Å². The van der Waals surface area contributed by atoms with Crippen LogP contribution in [0.2, 0.25) is 0 Å². The highest BCUT2D eigenvalue weighted by molar-refractivity contribution is 7.88. The Morgan fingerprint density at radius 3 is 2.77 bits per heavy atom. The number of hydrogen-bond donors (Lipinski definition) is 1. The first-order valence-corrected chi connectivity index (χ1v) is 11.0. The quantitative estimate of drug-likeness (QED) is 0.850. The van der Waals surface area contributed by atoms with E-state index in [-0.39, 0.29) is 17.4 Å². The van der Waals surface area contributed by atoms with Gasteiger partial charge < -0.3 is 9.64 Å². The summed E-state index contributed by atoms with van der Waals surface area (Å²) in [6, 6.07) is 1.86. The van der Waals surface area contributed by atoms with Gasteiger partial charge in [0.1, 0.15) is 0 Å². The molecule has 7 nitrogen and oxygen atoms in total. The normalized spacial score (nSPS) is 23.2. The van der Waals surface area contributed by atoms with Crippen molar-refractivity contribution in [1.82, 2.24) is 14.6 Å². The van der Waals surface area contributed by atoms with Crippen LogP contribution in [0.1, 0.15) is 41.6 Å². The molecule has 1 aromatic heterocycles. The molecule has 1 spiro atoms. The van der Waals surface area contributed by atoms with Crippen LogP contribution < -0.4 is 4.72 Å². The molecule has 26 heavy (non-hydrogen) atoms. The van der Waals surface area contributed by atoms with Crippen molar-refractivity contribution in [3.63, 3.8) is 0 Å². The van der Waals surface area contributed by atoms with E-state index in [1.807, 2.05) is 17.9 Å². The largest absolute Gasteiger partial charge is 0.375 e. The van der Waals surface area contributed by atoms with Crippen LogP contribution in [0, 0.1) is 12.8 Å². The van der Waals surface area contributed by atoms with Crippen molar-refractivity contribution in [1.29, 1.82) is 0 Å². The summed E-state index contributed by atoms with van der Waals surface area (Å²) in [5.41, 5.74) is 1.37. The maximum absolute atomic E-state index is 12.7. The molecule has 8 heteroatoms. The minimum Gasteiger partial charge on any atom is -0.375 e. The molecule has 3 heterocycles. The first-order chi connectivity index (χ1) is 12.3. The second kappa shape index (κ2) is 7.62. The number of hydrogen-bond acceptors (Lipinski definition) is 5. The molecule has 2 saturated heterocycles. The van der Waals surface area contributed by atoms with Crippen molar-refractivity contribution in [3.8, 4) is 0 Å². The van der Waals surface area contributed by atoms with Crippen molar-refractivity contribution in [3.05, 3.63) is 29.6 Å². The summed E-state index contributed by atoms with van der Waals surface area (Å²) < 4.78 is 31.4. The molecule has 1 N–H and O–H groups in total. The fourth-order valence-corrected chi connectivity index (χ4v) is 4.43. The SMILES string of the molecule is Cc1cncc(C(=O)N2CCC3(CC2)CC(CNS(C)(=O)=O)CCO3)c1. The Labute approximate surface area is 155 Å². The second-order valence-corrected chi connectivity index (χ2v) is 9.39. The predicted molar refractivity (Wildman–Crippen MR) is 98.4 cm³/mol. The van der Waals surface area contributed by atoms with Crippen molar-refractivity contribution in [2.75, 3.05) is 32.5 Å². The average Bonchev–Trinajstić information content (AvgIpc) is 2.60. The third-order valence-electron chi connectivity index (χ3n) is 5.31. The van der Waals surface area contributed by atoms with Gasteiger partial charge in [-0.2, -0.15) is 0 Å². The number of carbonyl (C=O) groups excluding carboxylic acids is 1. The molecule has 0 radical (unpaired) electrons. The van der Waals surface area contributed by atoms with Gasteiger partial charge in [0, 0.05) is 38.6 Å². The fraction of sp³-hybridized carbons (Fsp3) is 0.667. The Morgan fingerprint density at radius 1 is 1.38 bits per heavy atom. The van der Waals surface area contributed by atoms with Crippen LogP contribution in [0.5, 0.6) is 0 Å². The van der Waals surface area contributed by atoms with Gasteiger partial charge in [-0.05, 0) is 50.2 Å². The van der Waals surface area contributed by atoms with E-state index in [4.69, 9.17) is 4.74 Å². The number of aryl methyl sites for hydroxylation is 1. The number of aromatic nitrogens is 1. The Hall–Kier alpha value is -1.51. The van der Waals surface area contributed by atoms with Gasteiger partial charge in [-0.25, -0.2) is 13.1 Å². The first kappa shape index (κ1) is 19.3. The van der Waals surface area contributed by atoms with Gasteiger partial charge in [0.25, 0.3) is 5.91 Å². The topological polar surface area (TPSA) is 88.6 Å². The highest BCUT2D eigenvalue weighted by Crippen LogP contribution is 2.37. The average molecular weight is 381 g/mol. The van der Waals surface area contributed by atoms with Crippen LogP contribution >= 0.6 is 0 Å². The molecule has 2 fully saturated rings. The summed E-state index contributed by atoms with van der Waals surface area (Å²) in [5.74, 6) is 0.295. The van der Waals surface area contributed by atoms with E-state index >= 15 is 0 Å². The summed E-state index contributed by atoms with van der Waals surface area (Å²) in [5, 5.41) is 0. The number of sulfonamides is 1. The minimum absolute atomic E-state index is 0.0159. The van der Waals surface area contributed by atoms with Gasteiger partial charge in [-0.15, -0.1) is 0 Å². The lowest BCUT2D eigenvalue weighted by molar-refractivity contribution is -0.122. The van der Waals surface area contributed by atoms with Crippen LogP contribution in [0.25, 0.3) is 0 Å². The maximum atomic E-state index is 12.7. The first-order valence-electron chi connectivity index (χ1n) is 9.06. The smallest absolute Gasteiger partial charge is 0.255 e. The number of amides is 1. The van der Waals surface area contributed by atoms with Crippen LogP contribution in [0.4, 0.5) is 0 Å². The molecular formula is C18H27N3O4S. The predicted octanol–water partition coefficient (Wildman–Crippen LogP) is 1.34. The highest BCUT2D eigenvalue weighted by atomic mass is 32.2. The van der Waals surface area contributed by atoms with Crippen LogP contribution in [0.3, 0.4) is 0 Å². The highest BCUT2D eigenvalue weighted by Gasteiger charge is 2.41. The van der Waals surface area contributed by atoms with Gasteiger partial charge in [-0.3, -0.25) is 9.78 Å². The Balaban J connectivity index is 1.57. The summed E-state index contributed by atoms with van der Waals surface area (Å²) in [4.78, 5) is 18.6. The monoisotopic (exact) mass is 381 g/mol. The number of pyridine rings is 1. The lowest BCUT2D eigenvalue weighted by Gasteiger charge is -2.46. The van der Waals surface area contributed by atoms with E-state index in [9.17, 15) is 13.2 Å². The van der Waals surface area contributed by atoms with Crippen molar-refractivity contribution in [2.45, 2.75) is 38.2 Å². The zero-order valence-corrected chi connectivity index (χ0v) is 16.2.